The van der Waals surface area contributed by atoms with Gasteiger partial charge in [-0.1, -0.05) is 30.3 Å². The highest BCUT2D eigenvalue weighted by Crippen LogP contribution is 2.34. The van der Waals surface area contributed by atoms with E-state index < -0.39 is 12.6 Å². The Hall–Kier alpha value is -1.67. The van der Waals surface area contributed by atoms with Crippen LogP contribution in [-0.2, 0) is 13.1 Å². The van der Waals surface area contributed by atoms with Crippen molar-refractivity contribution >= 4 is 40.0 Å². The van der Waals surface area contributed by atoms with Crippen LogP contribution in [0.3, 0.4) is 0 Å². The number of nitrogens with zero attached hydrogens (tertiary/aromatic N) is 4. The number of alkyl halides is 3. The first-order valence-electron chi connectivity index (χ1n) is 8.22. The zero-order valence-electron chi connectivity index (χ0n) is 14.1. The van der Waals surface area contributed by atoms with Crippen LogP contribution in [0.25, 0.3) is 0 Å². The predicted octanol–water partition coefficient (Wildman–Crippen LogP) is 5.64. The number of benzene rings is 1. The van der Waals surface area contributed by atoms with E-state index in [2.05, 4.69) is 16.9 Å². The number of aliphatic imine (C=N–C) groups is 1. The Kier molecular flexibility index (Phi) is 5.82. The first kappa shape index (κ1) is 19.1. The van der Waals surface area contributed by atoms with Gasteiger partial charge in [-0.2, -0.15) is 13.2 Å². The number of aromatic nitrogens is 2. The maximum atomic E-state index is 12.5. The van der Waals surface area contributed by atoms with Crippen molar-refractivity contribution in [1.29, 1.82) is 0 Å². The summed E-state index contributed by atoms with van der Waals surface area (Å²) in [4.78, 5) is 10.9. The third kappa shape index (κ3) is 4.54. The summed E-state index contributed by atoms with van der Waals surface area (Å²) < 4.78 is 39.5. The van der Waals surface area contributed by atoms with E-state index in [0.29, 0.717) is 16.7 Å². The number of rotatable bonds is 5. The standard InChI is InChI=1S/C17H18ClF3N4S/c1-2-8-24-11-22-14-10-25(13-5-3-12(18)4-6-13)16(23-15(14)24)26-9-7-17(19,20)21/h3-6,11H,2,7-10H2,1H3. The smallest absolute Gasteiger partial charge is 0.315 e. The molecule has 1 aliphatic rings. The van der Waals surface area contributed by atoms with E-state index in [4.69, 9.17) is 11.6 Å². The monoisotopic (exact) mass is 402 g/mol. The fraction of sp³-hybridized carbons (Fsp3) is 0.412. The van der Waals surface area contributed by atoms with Crippen LogP contribution < -0.4 is 4.90 Å². The van der Waals surface area contributed by atoms with Gasteiger partial charge in [0.25, 0.3) is 0 Å². The molecule has 0 saturated carbocycles. The summed E-state index contributed by atoms with van der Waals surface area (Å²) in [7, 11) is 0. The van der Waals surface area contributed by atoms with E-state index in [1.807, 2.05) is 21.6 Å². The molecule has 4 nitrogen and oxygen atoms in total. The molecule has 1 aliphatic heterocycles. The van der Waals surface area contributed by atoms with Crippen molar-refractivity contribution in [1.82, 2.24) is 9.55 Å². The molecular weight excluding hydrogens is 385 g/mol. The molecule has 3 rings (SSSR count). The summed E-state index contributed by atoms with van der Waals surface area (Å²) >= 11 is 7.05. The van der Waals surface area contributed by atoms with Gasteiger partial charge in [-0.15, -0.1) is 0 Å². The number of thioether (sulfide) groups is 1. The fourth-order valence-corrected chi connectivity index (χ4v) is 3.74. The highest BCUT2D eigenvalue weighted by Gasteiger charge is 2.29. The molecule has 0 atom stereocenters. The Morgan fingerprint density at radius 1 is 1.23 bits per heavy atom. The van der Waals surface area contributed by atoms with Gasteiger partial charge in [0.15, 0.2) is 11.0 Å². The van der Waals surface area contributed by atoms with E-state index in [0.717, 1.165) is 41.9 Å². The second-order valence-corrected chi connectivity index (χ2v) is 7.38. The molecule has 0 saturated heterocycles. The molecule has 9 heteroatoms. The summed E-state index contributed by atoms with van der Waals surface area (Å²) in [5, 5.41) is 1.14. The predicted molar refractivity (Wildman–Crippen MR) is 100 cm³/mol. The Morgan fingerprint density at radius 2 is 1.96 bits per heavy atom. The minimum Gasteiger partial charge on any atom is -0.315 e. The molecule has 2 heterocycles. The van der Waals surface area contributed by atoms with Crippen molar-refractivity contribution in [3.63, 3.8) is 0 Å². The van der Waals surface area contributed by atoms with Crippen LogP contribution in [0.1, 0.15) is 25.5 Å². The highest BCUT2D eigenvalue weighted by atomic mass is 35.5. The molecule has 1 aromatic carbocycles. The number of fused-ring (bicyclic) bond motifs is 1. The number of anilines is 1. The minimum absolute atomic E-state index is 0.0797. The van der Waals surface area contributed by atoms with Crippen molar-refractivity contribution < 1.29 is 13.2 Å². The van der Waals surface area contributed by atoms with Gasteiger partial charge in [0.2, 0.25) is 0 Å². The zero-order chi connectivity index (χ0) is 18.7. The molecule has 0 unspecified atom stereocenters. The SMILES string of the molecule is CCCn1cnc2c1N=C(SCCC(F)(F)F)N(c1ccc(Cl)cc1)C2. The lowest BCUT2D eigenvalue weighted by molar-refractivity contribution is -0.129. The quantitative estimate of drug-likeness (QED) is 0.648. The first-order chi connectivity index (χ1) is 12.4. The fourth-order valence-electron chi connectivity index (χ4n) is 2.62. The molecule has 0 bridgehead atoms. The van der Waals surface area contributed by atoms with Gasteiger partial charge in [0.05, 0.1) is 19.3 Å². The number of halogens is 4. The topological polar surface area (TPSA) is 33.4 Å². The average Bonchev–Trinajstić information content (AvgIpc) is 2.96. The van der Waals surface area contributed by atoms with Crippen LogP contribution in [-0.4, -0.2) is 26.6 Å². The van der Waals surface area contributed by atoms with Crippen molar-refractivity contribution in [3.8, 4) is 0 Å². The van der Waals surface area contributed by atoms with Crippen LogP contribution in [0.4, 0.5) is 24.7 Å². The second-order valence-electron chi connectivity index (χ2n) is 5.88. The number of imidazole rings is 1. The van der Waals surface area contributed by atoms with E-state index in [1.165, 1.54) is 0 Å². The maximum absolute atomic E-state index is 12.5. The highest BCUT2D eigenvalue weighted by molar-refractivity contribution is 8.14. The number of hydrogen-bond donors (Lipinski definition) is 0. The molecule has 0 fully saturated rings. The van der Waals surface area contributed by atoms with Gasteiger partial charge in [-0.05, 0) is 30.7 Å². The van der Waals surface area contributed by atoms with E-state index in [9.17, 15) is 13.2 Å². The van der Waals surface area contributed by atoms with E-state index >= 15 is 0 Å². The lowest BCUT2D eigenvalue weighted by Crippen LogP contribution is -2.31. The molecule has 1 aromatic heterocycles. The lowest BCUT2D eigenvalue weighted by Gasteiger charge is -2.28. The summed E-state index contributed by atoms with van der Waals surface area (Å²) in [6.07, 6.45) is -2.37. The van der Waals surface area contributed by atoms with Gasteiger partial charge in [0.1, 0.15) is 5.69 Å². The van der Waals surface area contributed by atoms with Crippen LogP contribution in [0.5, 0.6) is 0 Å². The molecule has 0 radical (unpaired) electrons. The molecular formula is C17H18ClF3N4S. The third-order valence-corrected chi connectivity index (χ3v) is 5.07. The number of hydrogen-bond acceptors (Lipinski definition) is 4. The summed E-state index contributed by atoms with van der Waals surface area (Å²) in [5.41, 5.74) is 1.64. The van der Waals surface area contributed by atoms with Gasteiger partial charge in [0, 0.05) is 23.0 Å². The van der Waals surface area contributed by atoms with Gasteiger partial charge >= 0.3 is 6.18 Å². The molecule has 0 N–H and O–H groups in total. The molecule has 2 aromatic rings. The van der Waals surface area contributed by atoms with Crippen LogP contribution in [0, 0.1) is 0 Å². The van der Waals surface area contributed by atoms with Gasteiger partial charge < -0.3 is 9.47 Å². The summed E-state index contributed by atoms with van der Waals surface area (Å²) in [6, 6.07) is 7.16. The largest absolute Gasteiger partial charge is 0.389 e. The summed E-state index contributed by atoms with van der Waals surface area (Å²) in [6.45, 7) is 3.29. The van der Waals surface area contributed by atoms with Crippen molar-refractivity contribution in [2.45, 2.75) is 39.0 Å². The Labute approximate surface area is 159 Å². The van der Waals surface area contributed by atoms with Gasteiger partial charge in [-0.3, -0.25) is 0 Å². The molecule has 140 valence electrons. The normalized spacial score (nSPS) is 14.3. The second kappa shape index (κ2) is 7.92. The first-order valence-corrected chi connectivity index (χ1v) is 9.59. The van der Waals surface area contributed by atoms with Crippen molar-refractivity contribution in [2.24, 2.45) is 4.99 Å². The van der Waals surface area contributed by atoms with Crippen LogP contribution in [0.15, 0.2) is 35.6 Å². The van der Waals surface area contributed by atoms with E-state index in [1.54, 1.807) is 18.5 Å². The van der Waals surface area contributed by atoms with Gasteiger partial charge in [-0.25, -0.2) is 9.98 Å². The van der Waals surface area contributed by atoms with Crippen LogP contribution in [0.2, 0.25) is 5.02 Å². The molecule has 0 aliphatic carbocycles. The Morgan fingerprint density at radius 3 is 2.62 bits per heavy atom. The van der Waals surface area contributed by atoms with Crippen molar-refractivity contribution in [3.05, 3.63) is 41.3 Å². The van der Waals surface area contributed by atoms with E-state index in [-0.39, 0.29) is 5.75 Å². The number of amidine groups is 1. The summed E-state index contributed by atoms with van der Waals surface area (Å²) in [5.74, 6) is 0.649. The minimum atomic E-state index is -4.18. The lowest BCUT2D eigenvalue weighted by atomic mass is 10.2. The number of aryl methyl sites for hydroxylation is 1. The average molecular weight is 403 g/mol. The molecule has 26 heavy (non-hydrogen) atoms. The Bertz CT molecular complexity index is 786. The van der Waals surface area contributed by atoms with Crippen molar-refractivity contribution in [2.75, 3.05) is 10.7 Å². The van der Waals surface area contributed by atoms with Crippen LogP contribution >= 0.6 is 23.4 Å². The molecule has 0 amide bonds. The third-order valence-electron chi connectivity index (χ3n) is 3.84. The zero-order valence-corrected chi connectivity index (χ0v) is 15.7. The Balaban J connectivity index is 1.89. The maximum Gasteiger partial charge on any atom is 0.389 e. The molecule has 0 spiro atoms.